The van der Waals surface area contributed by atoms with E-state index in [4.69, 9.17) is 4.74 Å². The Bertz CT molecular complexity index is 1740. The molecule has 1 N–H and O–H groups in total. The summed E-state index contributed by atoms with van der Waals surface area (Å²) in [4.78, 5) is 29.7. The summed E-state index contributed by atoms with van der Waals surface area (Å²) < 4.78 is 21.2. The van der Waals surface area contributed by atoms with Gasteiger partial charge in [-0.3, -0.25) is 9.59 Å². The molecule has 6 rings (SSSR count). The average Bonchev–Trinajstić information content (AvgIpc) is 3.87. The number of halogens is 1. The van der Waals surface area contributed by atoms with Crippen LogP contribution in [0.4, 0.5) is 10.1 Å². The number of ketones is 1. The summed E-state index contributed by atoms with van der Waals surface area (Å²) >= 11 is 1.30. The number of ether oxygens (including phenoxy) is 1. The number of anilines is 1. The molecule has 0 radical (unpaired) electrons. The van der Waals surface area contributed by atoms with Gasteiger partial charge in [-0.25, -0.2) is 9.37 Å². The highest BCUT2D eigenvalue weighted by molar-refractivity contribution is 7.19. The van der Waals surface area contributed by atoms with E-state index in [9.17, 15) is 24.5 Å². The predicted octanol–water partition coefficient (Wildman–Crippen LogP) is 6.43. The molecule has 7 nitrogen and oxygen atoms in total. The molecule has 1 amide bonds. The van der Waals surface area contributed by atoms with Crippen molar-refractivity contribution in [2.45, 2.75) is 37.5 Å². The lowest BCUT2D eigenvalue weighted by atomic mass is 9.96. The van der Waals surface area contributed by atoms with Crippen LogP contribution in [0.3, 0.4) is 0 Å². The van der Waals surface area contributed by atoms with E-state index in [0.717, 1.165) is 31.2 Å². The minimum Gasteiger partial charge on any atom is -0.456 e. The first-order valence-electron chi connectivity index (χ1n) is 12.5. The van der Waals surface area contributed by atoms with E-state index in [1.54, 1.807) is 30.3 Å². The number of carbonyl (C=O) groups excluding carboxylic acids is 2. The summed E-state index contributed by atoms with van der Waals surface area (Å²) in [6, 6.07) is 18.6. The highest BCUT2D eigenvalue weighted by Gasteiger charge is 2.45. The van der Waals surface area contributed by atoms with E-state index < -0.39 is 17.1 Å². The van der Waals surface area contributed by atoms with Gasteiger partial charge in [-0.1, -0.05) is 12.1 Å². The number of carbonyl (C=O) groups is 2. The van der Waals surface area contributed by atoms with Crippen molar-refractivity contribution >= 4 is 38.9 Å². The Kier molecular flexibility index (Phi) is 6.09. The number of Topliss-reactive ketones (excluding diaryl/α,β-unsaturated/α-hetero) is 1. The number of benzene rings is 3. The fourth-order valence-corrected chi connectivity index (χ4v) is 5.58. The van der Waals surface area contributed by atoms with Gasteiger partial charge >= 0.3 is 0 Å². The highest BCUT2D eigenvalue weighted by atomic mass is 32.1. The molecule has 2 saturated carbocycles. The maximum absolute atomic E-state index is 14.6. The first-order valence-corrected chi connectivity index (χ1v) is 13.4. The molecule has 2 fully saturated rings. The Hall–Kier alpha value is -4.60. The fourth-order valence-electron chi connectivity index (χ4n) is 4.52. The highest BCUT2D eigenvalue weighted by Crippen LogP contribution is 2.47. The quantitative estimate of drug-likeness (QED) is 0.277. The lowest BCUT2D eigenvalue weighted by molar-refractivity contribution is -0.119. The largest absolute Gasteiger partial charge is 0.456 e. The molecule has 2 aliphatic rings. The first-order chi connectivity index (χ1) is 18.9. The molecule has 3 aromatic carbocycles. The van der Waals surface area contributed by atoms with Crippen LogP contribution >= 0.6 is 11.3 Å². The van der Waals surface area contributed by atoms with Crippen LogP contribution in [0.2, 0.25) is 0 Å². The van der Waals surface area contributed by atoms with E-state index in [1.807, 2.05) is 6.07 Å². The summed E-state index contributed by atoms with van der Waals surface area (Å²) in [7, 11) is 0. The van der Waals surface area contributed by atoms with Gasteiger partial charge in [0.1, 0.15) is 39.7 Å². The van der Waals surface area contributed by atoms with E-state index >= 15 is 0 Å². The molecule has 192 valence electrons. The number of hydrogen-bond donors (Lipinski definition) is 1. The molecule has 0 spiro atoms. The van der Waals surface area contributed by atoms with Gasteiger partial charge in [0, 0.05) is 17.5 Å². The Morgan fingerprint density at radius 2 is 1.95 bits per heavy atom. The van der Waals surface area contributed by atoms with Crippen LogP contribution in [-0.4, -0.2) is 16.7 Å². The maximum Gasteiger partial charge on any atom is 0.255 e. The second-order valence-electron chi connectivity index (χ2n) is 9.90. The summed E-state index contributed by atoms with van der Waals surface area (Å²) in [6.07, 6.45) is 3.62. The third-order valence-corrected chi connectivity index (χ3v) is 8.18. The Labute approximate surface area is 227 Å². The minimum atomic E-state index is -0.647. The SMILES string of the molecule is N#Cc1c(Oc2ccc(F)c(NC(=O)c3cccc(C4(C#N)CC4)c3)c2)ccc2nc(CC(=O)C3CC3)sc12. The third-order valence-electron chi connectivity index (χ3n) is 7.09. The van der Waals surface area contributed by atoms with Crippen molar-refractivity contribution in [2.24, 2.45) is 5.92 Å². The number of nitriles is 2. The zero-order chi connectivity index (χ0) is 27.1. The van der Waals surface area contributed by atoms with E-state index in [-0.39, 0.29) is 40.9 Å². The summed E-state index contributed by atoms with van der Waals surface area (Å²) in [6.45, 7) is 0. The van der Waals surface area contributed by atoms with Gasteiger partial charge in [-0.2, -0.15) is 10.5 Å². The number of nitrogens with zero attached hydrogens (tertiary/aromatic N) is 3. The lowest BCUT2D eigenvalue weighted by Crippen LogP contribution is -2.14. The van der Waals surface area contributed by atoms with Crippen molar-refractivity contribution in [2.75, 3.05) is 5.32 Å². The second-order valence-corrected chi connectivity index (χ2v) is 11.0. The first kappa shape index (κ1) is 24.7. The van der Waals surface area contributed by atoms with Gasteiger partial charge in [0.15, 0.2) is 0 Å². The molecule has 2 aliphatic carbocycles. The van der Waals surface area contributed by atoms with Crippen molar-refractivity contribution in [1.82, 2.24) is 4.98 Å². The molecule has 0 bridgehead atoms. The van der Waals surface area contributed by atoms with E-state index in [2.05, 4.69) is 22.4 Å². The molecular formula is C30H21FN4O3S. The van der Waals surface area contributed by atoms with Crippen LogP contribution < -0.4 is 10.1 Å². The van der Waals surface area contributed by atoms with Crippen molar-refractivity contribution in [1.29, 1.82) is 10.5 Å². The predicted molar refractivity (Wildman–Crippen MR) is 143 cm³/mol. The molecule has 0 aliphatic heterocycles. The molecule has 0 unspecified atom stereocenters. The number of rotatable bonds is 8. The number of thiazole rings is 1. The average molecular weight is 537 g/mol. The molecule has 39 heavy (non-hydrogen) atoms. The number of nitrogens with one attached hydrogen (secondary N) is 1. The van der Waals surface area contributed by atoms with Gasteiger partial charge in [0.2, 0.25) is 0 Å². The van der Waals surface area contributed by atoms with E-state index in [0.29, 0.717) is 20.8 Å². The smallest absolute Gasteiger partial charge is 0.255 e. The number of aromatic nitrogens is 1. The lowest BCUT2D eigenvalue weighted by Gasteiger charge is -2.12. The Morgan fingerprint density at radius 1 is 1.13 bits per heavy atom. The summed E-state index contributed by atoms with van der Waals surface area (Å²) in [5, 5.41) is 22.6. The van der Waals surface area contributed by atoms with Gasteiger partial charge in [-0.15, -0.1) is 11.3 Å². The van der Waals surface area contributed by atoms with Gasteiger partial charge < -0.3 is 10.1 Å². The van der Waals surface area contributed by atoms with Crippen LogP contribution in [0.1, 0.15) is 52.2 Å². The fraction of sp³-hybridized carbons (Fsp3) is 0.233. The molecule has 9 heteroatoms. The van der Waals surface area contributed by atoms with Gasteiger partial charge in [0.05, 0.1) is 33.8 Å². The van der Waals surface area contributed by atoms with Crippen LogP contribution in [0.5, 0.6) is 11.5 Å². The zero-order valence-corrected chi connectivity index (χ0v) is 21.5. The number of hydrogen-bond acceptors (Lipinski definition) is 7. The van der Waals surface area contributed by atoms with Gasteiger partial charge in [-0.05, 0) is 67.6 Å². The van der Waals surface area contributed by atoms with Crippen molar-refractivity contribution in [3.63, 3.8) is 0 Å². The van der Waals surface area contributed by atoms with Crippen molar-refractivity contribution < 1.29 is 18.7 Å². The standard InChI is InChI=1S/C30H21FN4O3S/c31-22-7-6-20(13-24(22)35-29(37)18-2-1-3-19(12-18)30(16-33)10-11-30)38-26-9-8-23-28(21(26)15-32)39-27(34-23)14-25(36)17-4-5-17/h1-3,6-9,12-13,17H,4-5,10-11,14H2,(H,35,37). The molecule has 1 aromatic heterocycles. The minimum absolute atomic E-state index is 0.0810. The van der Waals surface area contributed by atoms with Crippen LogP contribution in [-0.2, 0) is 16.6 Å². The zero-order valence-electron chi connectivity index (χ0n) is 20.7. The van der Waals surface area contributed by atoms with E-state index in [1.165, 1.54) is 29.5 Å². The molecular weight excluding hydrogens is 515 g/mol. The monoisotopic (exact) mass is 536 g/mol. The summed E-state index contributed by atoms with van der Waals surface area (Å²) in [5.74, 6) is -0.364. The number of fused-ring (bicyclic) bond motifs is 1. The third kappa shape index (κ3) is 4.85. The summed E-state index contributed by atoms with van der Waals surface area (Å²) in [5.41, 5.74) is 1.36. The van der Waals surface area contributed by atoms with Crippen LogP contribution in [0.25, 0.3) is 10.2 Å². The normalized spacial score (nSPS) is 15.3. The van der Waals surface area contributed by atoms with Crippen LogP contribution in [0.15, 0.2) is 54.6 Å². The van der Waals surface area contributed by atoms with Crippen LogP contribution in [0, 0.1) is 34.4 Å². The Morgan fingerprint density at radius 3 is 2.67 bits per heavy atom. The molecule has 4 aromatic rings. The number of amides is 1. The van der Waals surface area contributed by atoms with Crippen molar-refractivity contribution in [3.8, 4) is 23.6 Å². The Balaban J connectivity index is 1.23. The maximum atomic E-state index is 14.6. The second kappa shape index (κ2) is 9.61. The van der Waals surface area contributed by atoms with Gasteiger partial charge in [0.25, 0.3) is 5.91 Å². The molecule has 1 heterocycles. The molecule has 0 saturated heterocycles. The topological polar surface area (TPSA) is 116 Å². The molecule has 0 atom stereocenters. The van der Waals surface area contributed by atoms with Crippen molar-refractivity contribution in [3.05, 3.63) is 82.1 Å².